The van der Waals surface area contributed by atoms with Crippen molar-refractivity contribution in [1.82, 2.24) is 20.3 Å². The van der Waals surface area contributed by atoms with Gasteiger partial charge in [0.2, 0.25) is 0 Å². The first-order valence-corrected chi connectivity index (χ1v) is 10.5. The van der Waals surface area contributed by atoms with E-state index >= 15 is 0 Å². The average molecular weight is 395 g/mol. The summed E-state index contributed by atoms with van der Waals surface area (Å²) in [5.74, 6) is 0.718. The van der Waals surface area contributed by atoms with Crippen molar-refractivity contribution in [1.29, 1.82) is 0 Å². The van der Waals surface area contributed by atoms with Crippen LogP contribution in [0.25, 0.3) is 10.2 Å². The lowest BCUT2D eigenvalue weighted by atomic mass is 9.93. The van der Waals surface area contributed by atoms with Crippen LogP contribution in [0.5, 0.6) is 0 Å². The zero-order chi connectivity index (χ0) is 19.6. The van der Waals surface area contributed by atoms with E-state index in [0.29, 0.717) is 6.04 Å². The van der Waals surface area contributed by atoms with E-state index in [1.807, 2.05) is 18.2 Å². The molecule has 0 saturated heterocycles. The summed E-state index contributed by atoms with van der Waals surface area (Å²) in [4.78, 5) is 15.7. The van der Waals surface area contributed by atoms with Gasteiger partial charge in [-0.05, 0) is 36.5 Å². The maximum atomic E-state index is 4.65. The van der Waals surface area contributed by atoms with Gasteiger partial charge in [0, 0.05) is 17.5 Å². The van der Waals surface area contributed by atoms with Gasteiger partial charge in [0.05, 0.1) is 23.0 Å². The smallest absolute Gasteiger partial charge is 0.158 e. The second-order valence-corrected chi connectivity index (χ2v) is 9.26. The summed E-state index contributed by atoms with van der Waals surface area (Å²) < 4.78 is 0. The Morgan fingerprint density at radius 1 is 1.25 bits per heavy atom. The Labute approximate surface area is 169 Å². The Kier molecular flexibility index (Phi) is 5.37. The molecule has 0 aromatic carbocycles. The number of thiophene rings is 1. The second-order valence-electron chi connectivity index (χ2n) is 8.23. The summed E-state index contributed by atoms with van der Waals surface area (Å²) in [6, 6.07) is 8.83. The maximum absolute atomic E-state index is 4.65. The number of hydrazone groups is 1. The monoisotopic (exact) mass is 394 g/mol. The van der Waals surface area contributed by atoms with Crippen molar-refractivity contribution in [2.45, 2.75) is 58.0 Å². The Morgan fingerprint density at radius 3 is 2.86 bits per heavy atom. The Bertz CT molecular complexity index is 984. The quantitative estimate of drug-likeness (QED) is 0.476. The minimum atomic E-state index is 0.0871. The predicted octanol–water partition coefficient (Wildman–Crippen LogP) is 4.47. The molecule has 0 unspecified atom stereocenters. The number of pyridine rings is 1. The number of rotatable bonds is 6. The summed E-state index contributed by atoms with van der Waals surface area (Å²) in [5, 5.41) is 8.90. The molecule has 3 aromatic heterocycles. The first-order chi connectivity index (χ1) is 13.5. The van der Waals surface area contributed by atoms with Crippen LogP contribution in [0.1, 0.15) is 56.3 Å². The lowest BCUT2D eigenvalue weighted by Crippen LogP contribution is -2.34. The molecule has 4 rings (SSSR count). The first kappa shape index (κ1) is 19.0. The molecule has 2 N–H and O–H groups in total. The van der Waals surface area contributed by atoms with Gasteiger partial charge in [-0.2, -0.15) is 5.10 Å². The van der Waals surface area contributed by atoms with Crippen LogP contribution in [0.15, 0.2) is 35.7 Å². The number of hydrogen-bond acceptors (Lipinski definition) is 7. The number of nitrogens with zero attached hydrogens (tertiary/aromatic N) is 4. The van der Waals surface area contributed by atoms with Gasteiger partial charge in [-0.25, -0.2) is 9.97 Å². The van der Waals surface area contributed by atoms with Crippen molar-refractivity contribution in [2.75, 3.05) is 5.43 Å². The summed E-state index contributed by atoms with van der Waals surface area (Å²) in [6.07, 6.45) is 7.20. The van der Waals surface area contributed by atoms with E-state index in [0.717, 1.165) is 34.0 Å². The summed E-state index contributed by atoms with van der Waals surface area (Å²) in [7, 11) is 0. The molecule has 0 aliphatic heterocycles. The molecule has 3 aromatic rings. The van der Waals surface area contributed by atoms with Gasteiger partial charge in [-0.1, -0.05) is 33.3 Å². The normalized spacial score (nSPS) is 15.2. The topological polar surface area (TPSA) is 75.1 Å². The molecule has 0 atom stereocenters. The number of anilines is 1. The van der Waals surface area contributed by atoms with Crippen LogP contribution in [0, 0.1) is 0 Å². The third kappa shape index (κ3) is 4.36. The van der Waals surface area contributed by atoms with Crippen molar-refractivity contribution < 1.29 is 0 Å². The Hall–Kier alpha value is -2.38. The Balaban J connectivity index is 1.45. The summed E-state index contributed by atoms with van der Waals surface area (Å²) in [6.45, 7) is 7.41. The summed E-state index contributed by atoms with van der Waals surface area (Å²) >= 11 is 1.70. The first-order valence-electron chi connectivity index (χ1n) is 9.72. The van der Waals surface area contributed by atoms with Crippen LogP contribution in [0.3, 0.4) is 0 Å². The SMILES string of the molecule is CC(C)(C)c1cc2c(NN=Cc3cccc(CNC4CCC4)n3)ncnc2s1. The van der Waals surface area contributed by atoms with Gasteiger partial charge in [0.25, 0.3) is 0 Å². The molecule has 146 valence electrons. The van der Waals surface area contributed by atoms with Gasteiger partial charge in [-0.15, -0.1) is 11.3 Å². The lowest BCUT2D eigenvalue weighted by molar-refractivity contribution is 0.337. The van der Waals surface area contributed by atoms with E-state index in [9.17, 15) is 0 Å². The molecule has 1 fully saturated rings. The van der Waals surface area contributed by atoms with Crippen LogP contribution in [0.4, 0.5) is 5.82 Å². The fourth-order valence-electron chi connectivity index (χ4n) is 3.00. The van der Waals surface area contributed by atoms with E-state index in [1.54, 1.807) is 23.9 Å². The number of nitrogens with one attached hydrogen (secondary N) is 2. The van der Waals surface area contributed by atoms with Crippen molar-refractivity contribution in [3.8, 4) is 0 Å². The number of fused-ring (bicyclic) bond motifs is 1. The fourth-order valence-corrected chi connectivity index (χ4v) is 4.06. The molecule has 0 radical (unpaired) electrons. The van der Waals surface area contributed by atoms with Crippen LogP contribution in [0.2, 0.25) is 0 Å². The van der Waals surface area contributed by atoms with Gasteiger partial charge in [0.1, 0.15) is 11.2 Å². The van der Waals surface area contributed by atoms with Crippen LogP contribution < -0.4 is 10.7 Å². The van der Waals surface area contributed by atoms with E-state index in [4.69, 9.17) is 0 Å². The standard InChI is InChI=1S/C21H26N6S/c1-21(2,3)18-10-17-19(23-13-24-20(17)28-18)27-25-12-16-9-5-8-15(26-16)11-22-14-6-4-7-14/h5,8-10,12-14,22H,4,6-7,11H2,1-3H3,(H,23,24,27). The van der Waals surface area contributed by atoms with Crippen LogP contribution in [-0.2, 0) is 12.0 Å². The molecule has 1 aliphatic carbocycles. The molecule has 0 spiro atoms. The fraction of sp³-hybridized carbons (Fsp3) is 0.429. The van der Waals surface area contributed by atoms with E-state index in [-0.39, 0.29) is 5.41 Å². The average Bonchev–Trinajstić information content (AvgIpc) is 3.06. The van der Waals surface area contributed by atoms with E-state index in [1.165, 1.54) is 24.1 Å². The molecule has 28 heavy (non-hydrogen) atoms. The van der Waals surface area contributed by atoms with Crippen molar-refractivity contribution in [3.63, 3.8) is 0 Å². The van der Waals surface area contributed by atoms with Gasteiger partial charge in [-0.3, -0.25) is 10.4 Å². The van der Waals surface area contributed by atoms with Gasteiger partial charge < -0.3 is 5.32 Å². The number of hydrogen-bond donors (Lipinski definition) is 2. The van der Waals surface area contributed by atoms with Gasteiger partial charge in [0.15, 0.2) is 5.82 Å². The van der Waals surface area contributed by atoms with Crippen LogP contribution in [-0.4, -0.2) is 27.2 Å². The highest BCUT2D eigenvalue weighted by atomic mass is 32.1. The highest BCUT2D eigenvalue weighted by Crippen LogP contribution is 2.35. The third-order valence-electron chi connectivity index (χ3n) is 4.94. The number of aromatic nitrogens is 3. The molecule has 0 bridgehead atoms. The maximum Gasteiger partial charge on any atom is 0.158 e. The minimum Gasteiger partial charge on any atom is -0.308 e. The largest absolute Gasteiger partial charge is 0.308 e. The molecule has 1 saturated carbocycles. The second kappa shape index (κ2) is 7.93. The zero-order valence-electron chi connectivity index (χ0n) is 16.6. The lowest BCUT2D eigenvalue weighted by Gasteiger charge is -2.26. The summed E-state index contributed by atoms with van der Waals surface area (Å²) in [5.41, 5.74) is 5.01. The van der Waals surface area contributed by atoms with E-state index in [2.05, 4.69) is 57.6 Å². The molecule has 6 nitrogen and oxygen atoms in total. The zero-order valence-corrected chi connectivity index (χ0v) is 17.4. The minimum absolute atomic E-state index is 0.0871. The highest BCUT2D eigenvalue weighted by molar-refractivity contribution is 7.18. The van der Waals surface area contributed by atoms with Crippen molar-refractivity contribution in [3.05, 3.63) is 46.9 Å². The van der Waals surface area contributed by atoms with Crippen LogP contribution >= 0.6 is 11.3 Å². The molecule has 1 aliphatic rings. The third-order valence-corrected chi connectivity index (χ3v) is 6.41. The highest BCUT2D eigenvalue weighted by Gasteiger charge is 2.19. The molecule has 3 heterocycles. The van der Waals surface area contributed by atoms with Crippen molar-refractivity contribution in [2.24, 2.45) is 5.10 Å². The molecular weight excluding hydrogens is 368 g/mol. The predicted molar refractivity (Wildman–Crippen MR) is 116 cm³/mol. The van der Waals surface area contributed by atoms with Crippen molar-refractivity contribution >= 4 is 33.6 Å². The van der Waals surface area contributed by atoms with Gasteiger partial charge >= 0.3 is 0 Å². The molecule has 7 heteroatoms. The molecule has 0 amide bonds. The molecular formula is C21H26N6S. The Morgan fingerprint density at radius 2 is 2.11 bits per heavy atom. The van der Waals surface area contributed by atoms with E-state index < -0.39 is 0 Å².